The molecular formula is C26H24N6O2S. The van der Waals surface area contributed by atoms with Crippen molar-refractivity contribution in [2.24, 2.45) is 0 Å². The summed E-state index contributed by atoms with van der Waals surface area (Å²) in [5.74, 6) is 0.243. The van der Waals surface area contributed by atoms with Crippen LogP contribution in [-0.4, -0.2) is 38.2 Å². The third kappa shape index (κ3) is 5.20. The van der Waals surface area contributed by atoms with E-state index in [0.717, 1.165) is 27.6 Å². The van der Waals surface area contributed by atoms with Gasteiger partial charge in [-0.1, -0.05) is 35.6 Å². The normalized spacial score (nSPS) is 12.7. The molecule has 1 aliphatic heterocycles. The molecule has 1 aliphatic rings. The molecule has 0 radical (unpaired) electrons. The Hall–Kier alpha value is -4.11. The number of fused-ring (bicyclic) bond motifs is 1. The van der Waals surface area contributed by atoms with Gasteiger partial charge in [-0.2, -0.15) is 0 Å². The molecule has 2 aromatic carbocycles. The molecule has 0 spiro atoms. The van der Waals surface area contributed by atoms with Gasteiger partial charge in [0.2, 0.25) is 5.95 Å². The molecule has 2 N–H and O–H groups in total. The fourth-order valence-corrected chi connectivity index (χ4v) is 5.02. The highest BCUT2D eigenvalue weighted by Gasteiger charge is 2.25. The van der Waals surface area contributed by atoms with Gasteiger partial charge >= 0.3 is 0 Å². The Morgan fingerprint density at radius 3 is 2.43 bits per heavy atom. The second kappa shape index (κ2) is 9.63. The number of nitrogens with one attached hydrogen (secondary N) is 2. The van der Waals surface area contributed by atoms with Crippen LogP contribution < -0.4 is 10.6 Å². The summed E-state index contributed by atoms with van der Waals surface area (Å²) >= 11 is 1.41. The summed E-state index contributed by atoms with van der Waals surface area (Å²) in [6.07, 6.45) is 0.662. The van der Waals surface area contributed by atoms with E-state index in [0.29, 0.717) is 41.7 Å². The van der Waals surface area contributed by atoms with Crippen molar-refractivity contribution in [3.63, 3.8) is 0 Å². The summed E-state index contributed by atoms with van der Waals surface area (Å²) < 4.78 is 0. The van der Waals surface area contributed by atoms with Crippen LogP contribution in [-0.2, 0) is 13.0 Å². The van der Waals surface area contributed by atoms with E-state index in [1.807, 2.05) is 61.2 Å². The van der Waals surface area contributed by atoms with Crippen molar-refractivity contribution in [1.29, 1.82) is 0 Å². The van der Waals surface area contributed by atoms with Gasteiger partial charge < -0.3 is 10.2 Å². The van der Waals surface area contributed by atoms with Crippen LogP contribution >= 0.6 is 11.3 Å². The van der Waals surface area contributed by atoms with Crippen molar-refractivity contribution in [1.82, 2.24) is 19.9 Å². The molecule has 0 saturated carbocycles. The van der Waals surface area contributed by atoms with Crippen molar-refractivity contribution in [3.05, 3.63) is 93.7 Å². The van der Waals surface area contributed by atoms with Crippen molar-refractivity contribution in [3.8, 4) is 0 Å². The summed E-state index contributed by atoms with van der Waals surface area (Å²) in [5.41, 5.74) is 4.56. The smallest absolute Gasteiger partial charge is 0.257 e. The van der Waals surface area contributed by atoms with E-state index < -0.39 is 0 Å². The average Bonchev–Trinajstić information content (AvgIpc) is 3.25. The van der Waals surface area contributed by atoms with Crippen LogP contribution in [0, 0.1) is 13.8 Å². The maximum absolute atomic E-state index is 12.9. The molecule has 0 fully saturated rings. The second-order valence-electron chi connectivity index (χ2n) is 8.37. The topological polar surface area (TPSA) is 100 Å². The number of benzene rings is 2. The zero-order valence-corrected chi connectivity index (χ0v) is 20.2. The lowest BCUT2D eigenvalue weighted by Gasteiger charge is -2.26. The Bertz CT molecular complexity index is 1380. The van der Waals surface area contributed by atoms with E-state index in [1.54, 1.807) is 18.2 Å². The molecule has 2 aromatic heterocycles. The van der Waals surface area contributed by atoms with E-state index in [4.69, 9.17) is 0 Å². The zero-order valence-electron chi connectivity index (χ0n) is 19.4. The number of aryl methyl sites for hydroxylation is 2. The van der Waals surface area contributed by atoms with Crippen molar-refractivity contribution in [2.75, 3.05) is 17.2 Å². The van der Waals surface area contributed by atoms with Crippen LogP contribution in [0.25, 0.3) is 0 Å². The first-order valence-electron chi connectivity index (χ1n) is 11.3. The lowest BCUT2D eigenvalue weighted by molar-refractivity contribution is 0.0736. The van der Waals surface area contributed by atoms with Crippen LogP contribution in [0.1, 0.15) is 42.7 Å². The van der Waals surface area contributed by atoms with Gasteiger partial charge in [-0.05, 0) is 50.2 Å². The Labute approximate surface area is 207 Å². The predicted molar refractivity (Wildman–Crippen MR) is 136 cm³/mol. The first kappa shape index (κ1) is 22.7. The van der Waals surface area contributed by atoms with Crippen molar-refractivity contribution >= 4 is 39.9 Å². The molecule has 0 atom stereocenters. The molecule has 5 rings (SSSR count). The van der Waals surface area contributed by atoms with Crippen LogP contribution in [0.3, 0.4) is 0 Å². The number of amides is 2. The minimum Gasteiger partial charge on any atom is -0.333 e. The predicted octanol–water partition coefficient (Wildman–Crippen LogP) is 4.74. The summed E-state index contributed by atoms with van der Waals surface area (Å²) in [5, 5.41) is 6.60. The molecule has 0 saturated heterocycles. The number of anilines is 3. The maximum Gasteiger partial charge on any atom is 0.257 e. The molecule has 176 valence electrons. The van der Waals surface area contributed by atoms with Gasteiger partial charge in [0.1, 0.15) is 0 Å². The molecule has 3 heterocycles. The Morgan fingerprint density at radius 1 is 0.914 bits per heavy atom. The quantitative estimate of drug-likeness (QED) is 0.424. The molecule has 0 bridgehead atoms. The summed E-state index contributed by atoms with van der Waals surface area (Å²) in [4.78, 5) is 41.9. The maximum atomic E-state index is 12.9. The van der Waals surface area contributed by atoms with Crippen LogP contribution in [0.4, 0.5) is 16.8 Å². The minimum atomic E-state index is -0.252. The van der Waals surface area contributed by atoms with Gasteiger partial charge in [0.15, 0.2) is 5.13 Å². The largest absolute Gasteiger partial charge is 0.333 e. The third-order valence-electron chi connectivity index (χ3n) is 5.62. The zero-order chi connectivity index (χ0) is 24.4. The monoisotopic (exact) mass is 484 g/mol. The fourth-order valence-electron chi connectivity index (χ4n) is 4.00. The van der Waals surface area contributed by atoms with Crippen LogP contribution in [0.5, 0.6) is 0 Å². The molecule has 9 heteroatoms. The Kier molecular flexibility index (Phi) is 6.24. The number of hydrogen-bond acceptors (Lipinski definition) is 7. The van der Waals surface area contributed by atoms with Crippen molar-refractivity contribution in [2.45, 2.75) is 26.8 Å². The lowest BCUT2D eigenvalue weighted by Crippen LogP contribution is -2.35. The number of aromatic nitrogens is 3. The molecule has 8 nitrogen and oxygen atoms in total. The molecular weight excluding hydrogens is 460 g/mol. The van der Waals surface area contributed by atoms with E-state index in [2.05, 4.69) is 25.6 Å². The van der Waals surface area contributed by atoms with Gasteiger partial charge in [-0.3, -0.25) is 14.9 Å². The van der Waals surface area contributed by atoms with Gasteiger partial charge in [0.25, 0.3) is 11.8 Å². The number of rotatable bonds is 5. The summed E-state index contributed by atoms with van der Waals surface area (Å²) in [6, 6.07) is 18.3. The third-order valence-corrected chi connectivity index (χ3v) is 6.62. The number of thiazole rings is 1. The first-order valence-corrected chi connectivity index (χ1v) is 12.1. The van der Waals surface area contributed by atoms with Gasteiger partial charge in [0, 0.05) is 46.0 Å². The number of nitrogens with zero attached hydrogens (tertiary/aromatic N) is 4. The summed E-state index contributed by atoms with van der Waals surface area (Å²) in [6.45, 7) is 4.92. The number of hydrogen-bond donors (Lipinski definition) is 2. The standard InChI is InChI=1S/C26H24N6O2S/c1-16-13-17(2)28-25(27-16)29-20-10-6-9-19(14-20)23(33)31-26-30-21-11-12-32(15-22(21)35-26)24(34)18-7-4-3-5-8-18/h3-10,13-14H,11-12,15H2,1-2H3,(H,27,28,29)(H,30,31,33). The number of carbonyl (C=O) groups is 2. The molecule has 35 heavy (non-hydrogen) atoms. The highest BCUT2D eigenvalue weighted by molar-refractivity contribution is 7.15. The van der Waals surface area contributed by atoms with Crippen LogP contribution in [0.2, 0.25) is 0 Å². The number of carbonyl (C=O) groups excluding carboxylic acids is 2. The van der Waals surface area contributed by atoms with E-state index in [9.17, 15) is 9.59 Å². The molecule has 0 unspecified atom stereocenters. The molecule has 0 aliphatic carbocycles. The highest BCUT2D eigenvalue weighted by atomic mass is 32.1. The second-order valence-corrected chi connectivity index (χ2v) is 9.45. The molecule has 4 aromatic rings. The Balaban J connectivity index is 1.26. The summed E-state index contributed by atoms with van der Waals surface area (Å²) in [7, 11) is 0. The van der Waals surface area contributed by atoms with Gasteiger partial charge in [-0.25, -0.2) is 15.0 Å². The first-order chi connectivity index (χ1) is 16.9. The fraction of sp³-hybridized carbons (Fsp3) is 0.192. The lowest BCUT2D eigenvalue weighted by atomic mass is 10.1. The average molecular weight is 485 g/mol. The minimum absolute atomic E-state index is 0.00679. The highest BCUT2D eigenvalue weighted by Crippen LogP contribution is 2.29. The van der Waals surface area contributed by atoms with Crippen molar-refractivity contribution < 1.29 is 9.59 Å². The van der Waals surface area contributed by atoms with Crippen LogP contribution in [0.15, 0.2) is 60.7 Å². The van der Waals surface area contributed by atoms with E-state index in [1.165, 1.54) is 11.3 Å². The van der Waals surface area contributed by atoms with E-state index >= 15 is 0 Å². The van der Waals surface area contributed by atoms with E-state index in [-0.39, 0.29) is 11.8 Å². The SMILES string of the molecule is Cc1cc(C)nc(Nc2cccc(C(=O)Nc3nc4c(s3)CN(C(=O)c3ccccc3)CC4)c2)n1. The Morgan fingerprint density at radius 2 is 1.66 bits per heavy atom. The van der Waals surface area contributed by atoms with Gasteiger partial charge in [-0.15, -0.1) is 0 Å². The van der Waals surface area contributed by atoms with Gasteiger partial charge in [0.05, 0.1) is 12.2 Å². The molecule has 2 amide bonds.